The normalized spacial score (nSPS) is 20.2. The number of nitrogens with two attached hydrogens (primary N) is 1. The van der Waals surface area contributed by atoms with Crippen LogP contribution >= 0.6 is 23.1 Å². The Kier molecular flexibility index (Phi) is 7.41. The van der Waals surface area contributed by atoms with Crippen LogP contribution in [-0.2, 0) is 11.0 Å². The summed E-state index contributed by atoms with van der Waals surface area (Å²) < 4.78 is 47.5. The maximum atomic E-state index is 15.1. The van der Waals surface area contributed by atoms with Gasteiger partial charge in [-0.15, -0.1) is 23.1 Å². The second-order valence-corrected chi connectivity index (χ2v) is 13.3. The molecule has 2 aliphatic heterocycles. The van der Waals surface area contributed by atoms with E-state index in [1.807, 2.05) is 20.8 Å². The van der Waals surface area contributed by atoms with E-state index in [9.17, 15) is 14.9 Å². The Morgan fingerprint density at radius 3 is 2.59 bits per heavy atom. The number of thioether (sulfide) groups is 1. The molecule has 1 amide bonds. The molecular formula is C31H29F3N6O2S2. The zero-order chi connectivity index (χ0) is 31.7. The number of carbonyl (C=O) groups is 1. The number of nitrogen functional groups attached to an aromatic ring is 1. The van der Waals surface area contributed by atoms with Crippen LogP contribution in [0.2, 0.25) is 0 Å². The Labute approximate surface area is 259 Å². The van der Waals surface area contributed by atoms with Crippen molar-refractivity contribution < 1.29 is 18.0 Å². The average molecular weight is 639 g/mol. The van der Waals surface area contributed by atoms with Crippen LogP contribution in [0.4, 0.5) is 24.0 Å². The fourth-order valence-electron chi connectivity index (χ4n) is 6.65. The standard InChI is InChI=1S/C31H29F3N6O2S2/c1-5-17-14-43-27-25(18-8-7-9-22-24(18)20(11-35)28(36)44-22)21(31(32,33)34)10-19-26(27)40(17)30(42)37-29(19)38-12-15(3)39(16(4)13-38)23(41)6-2/h6-10,15-17H,2,5,12-14,36H2,1,3-4H3/t15-,16+,17?. The Hall–Kier alpha value is -4.02. The summed E-state index contributed by atoms with van der Waals surface area (Å²) in [5.74, 6) is 0.314. The predicted molar refractivity (Wildman–Crippen MR) is 169 cm³/mol. The van der Waals surface area contributed by atoms with Crippen LogP contribution in [0.1, 0.15) is 44.4 Å². The van der Waals surface area contributed by atoms with E-state index in [2.05, 4.69) is 17.6 Å². The van der Waals surface area contributed by atoms with E-state index >= 15 is 13.2 Å². The highest BCUT2D eigenvalue weighted by Gasteiger charge is 2.41. The van der Waals surface area contributed by atoms with Crippen LogP contribution in [-0.4, -0.2) is 51.3 Å². The molecule has 4 heterocycles. The van der Waals surface area contributed by atoms with Gasteiger partial charge in [-0.3, -0.25) is 9.36 Å². The van der Waals surface area contributed by atoms with Gasteiger partial charge in [0.05, 0.1) is 16.6 Å². The maximum absolute atomic E-state index is 15.1. The van der Waals surface area contributed by atoms with Gasteiger partial charge >= 0.3 is 11.9 Å². The van der Waals surface area contributed by atoms with Crippen molar-refractivity contribution in [2.24, 2.45) is 0 Å². The Morgan fingerprint density at radius 2 is 1.98 bits per heavy atom. The summed E-state index contributed by atoms with van der Waals surface area (Å²) in [6.45, 7) is 9.77. The number of carbonyl (C=O) groups excluding carboxylic acids is 1. The average Bonchev–Trinajstić information content (AvgIpc) is 3.32. The number of alkyl halides is 3. The summed E-state index contributed by atoms with van der Waals surface area (Å²) in [6, 6.07) is 7.28. The van der Waals surface area contributed by atoms with Crippen molar-refractivity contribution in [3.63, 3.8) is 0 Å². The van der Waals surface area contributed by atoms with Gasteiger partial charge in [0.25, 0.3) is 0 Å². The van der Waals surface area contributed by atoms with Gasteiger partial charge in [0.2, 0.25) is 5.91 Å². The van der Waals surface area contributed by atoms with Crippen LogP contribution in [0, 0.1) is 11.3 Å². The van der Waals surface area contributed by atoms with E-state index in [0.717, 1.165) is 17.4 Å². The van der Waals surface area contributed by atoms with Crippen LogP contribution < -0.4 is 16.3 Å². The summed E-state index contributed by atoms with van der Waals surface area (Å²) in [6.07, 6.45) is -2.94. The van der Waals surface area contributed by atoms with Crippen LogP contribution in [0.25, 0.3) is 32.1 Å². The third kappa shape index (κ3) is 4.54. The van der Waals surface area contributed by atoms with Crippen LogP contribution in [0.15, 0.2) is 46.6 Å². The highest BCUT2D eigenvalue weighted by atomic mass is 32.2. The molecule has 6 rings (SSSR count). The van der Waals surface area contributed by atoms with Crippen molar-refractivity contribution in [3.8, 4) is 17.2 Å². The zero-order valence-electron chi connectivity index (χ0n) is 24.2. The minimum Gasteiger partial charge on any atom is -0.389 e. The lowest BCUT2D eigenvalue weighted by atomic mass is 9.92. The molecule has 2 aliphatic rings. The first kappa shape index (κ1) is 30.0. The largest absolute Gasteiger partial charge is 0.417 e. The van der Waals surface area contributed by atoms with Gasteiger partial charge in [-0.1, -0.05) is 25.6 Å². The van der Waals surface area contributed by atoms with E-state index in [1.165, 1.54) is 22.4 Å². The van der Waals surface area contributed by atoms with E-state index in [1.54, 1.807) is 28.0 Å². The molecular weight excluding hydrogens is 610 g/mol. The van der Waals surface area contributed by atoms with Gasteiger partial charge in [0.1, 0.15) is 16.9 Å². The molecule has 44 heavy (non-hydrogen) atoms. The monoisotopic (exact) mass is 638 g/mol. The number of nitrogens with zero attached hydrogens (tertiary/aromatic N) is 5. The smallest absolute Gasteiger partial charge is 0.389 e. The van der Waals surface area contributed by atoms with Crippen molar-refractivity contribution in [2.45, 2.75) is 56.4 Å². The molecule has 4 aromatic rings. The van der Waals surface area contributed by atoms with Gasteiger partial charge in [0.15, 0.2) is 0 Å². The number of anilines is 2. The minimum absolute atomic E-state index is 0.0714. The van der Waals surface area contributed by atoms with E-state index in [4.69, 9.17) is 5.73 Å². The highest BCUT2D eigenvalue weighted by Crippen LogP contribution is 2.52. The van der Waals surface area contributed by atoms with E-state index < -0.39 is 17.4 Å². The Balaban J connectivity index is 1.70. The molecule has 1 saturated heterocycles. The number of nitriles is 1. The molecule has 1 fully saturated rings. The molecule has 8 nitrogen and oxygen atoms in total. The number of halogens is 3. The second kappa shape index (κ2) is 10.9. The molecule has 2 aromatic carbocycles. The first-order chi connectivity index (χ1) is 20.9. The number of thiophene rings is 1. The fourth-order valence-corrected chi connectivity index (χ4v) is 9.05. The van der Waals surface area contributed by atoms with Gasteiger partial charge in [-0.05, 0) is 44.0 Å². The van der Waals surface area contributed by atoms with Crippen molar-refractivity contribution in [2.75, 3.05) is 29.5 Å². The van der Waals surface area contributed by atoms with E-state index in [-0.39, 0.29) is 70.0 Å². The first-order valence-corrected chi connectivity index (χ1v) is 16.0. The number of hydrogen-bond donors (Lipinski definition) is 1. The predicted octanol–water partition coefficient (Wildman–Crippen LogP) is 6.42. The SMILES string of the molecule is C=CC(=O)N1[C@H](C)CN(c2nc(=O)n3c4c(c(-c5cccc6sc(N)c(C#N)c56)c(C(F)(F)F)cc24)SCC3CC)C[C@@H]1C. The second-order valence-electron chi connectivity index (χ2n) is 11.2. The molecule has 1 unspecified atom stereocenters. The van der Waals surface area contributed by atoms with Gasteiger partial charge in [-0.25, -0.2) is 4.79 Å². The number of hydrogen-bond acceptors (Lipinski definition) is 8. The Morgan fingerprint density at radius 1 is 1.27 bits per heavy atom. The molecule has 0 spiro atoms. The topological polar surface area (TPSA) is 108 Å². The molecule has 0 aliphatic carbocycles. The fraction of sp³-hybridized carbons (Fsp3) is 0.355. The summed E-state index contributed by atoms with van der Waals surface area (Å²) >= 11 is 2.44. The molecule has 228 valence electrons. The number of piperazine rings is 1. The van der Waals surface area contributed by atoms with Crippen molar-refractivity contribution in [3.05, 3.63) is 58.5 Å². The maximum Gasteiger partial charge on any atom is 0.417 e. The molecule has 0 radical (unpaired) electrons. The molecule has 3 atom stereocenters. The third-order valence-corrected chi connectivity index (χ3v) is 10.7. The lowest BCUT2D eigenvalue weighted by Gasteiger charge is -2.45. The van der Waals surface area contributed by atoms with Gasteiger partial charge in [-0.2, -0.15) is 23.4 Å². The summed E-state index contributed by atoms with van der Waals surface area (Å²) in [5.41, 5.74) is 5.42. The van der Waals surface area contributed by atoms with Gasteiger partial charge in [0, 0.05) is 62.9 Å². The number of rotatable bonds is 4. The van der Waals surface area contributed by atoms with Crippen molar-refractivity contribution in [1.29, 1.82) is 5.26 Å². The minimum atomic E-state index is -4.77. The summed E-state index contributed by atoms with van der Waals surface area (Å²) in [5, 5.41) is 10.7. The molecule has 0 saturated carbocycles. The third-order valence-electron chi connectivity index (χ3n) is 8.48. The number of amides is 1. The van der Waals surface area contributed by atoms with Crippen molar-refractivity contribution >= 4 is 60.8 Å². The zero-order valence-corrected chi connectivity index (χ0v) is 25.9. The van der Waals surface area contributed by atoms with E-state index in [0.29, 0.717) is 32.7 Å². The number of benzene rings is 2. The quantitative estimate of drug-likeness (QED) is 0.257. The summed E-state index contributed by atoms with van der Waals surface area (Å²) in [7, 11) is 0. The van der Waals surface area contributed by atoms with Crippen LogP contribution in [0.3, 0.4) is 0 Å². The number of fused-ring (bicyclic) bond motifs is 1. The molecule has 0 bridgehead atoms. The first-order valence-electron chi connectivity index (χ1n) is 14.2. The Bertz CT molecular complexity index is 1950. The number of aromatic nitrogens is 2. The molecule has 2 aromatic heterocycles. The lowest BCUT2D eigenvalue weighted by molar-refractivity contribution is -0.137. The lowest BCUT2D eigenvalue weighted by Crippen LogP contribution is -2.58. The summed E-state index contributed by atoms with van der Waals surface area (Å²) in [4.78, 5) is 34.5. The molecule has 2 N–H and O–H groups in total. The highest BCUT2D eigenvalue weighted by molar-refractivity contribution is 7.99. The van der Waals surface area contributed by atoms with Crippen molar-refractivity contribution in [1.82, 2.24) is 14.5 Å². The van der Waals surface area contributed by atoms with Crippen LogP contribution in [0.5, 0.6) is 0 Å². The molecule has 13 heteroatoms. The van der Waals surface area contributed by atoms with Gasteiger partial charge < -0.3 is 15.5 Å².